The second kappa shape index (κ2) is 16.9. The molecule has 0 unspecified atom stereocenters. The first-order valence-corrected chi connectivity index (χ1v) is 26.0. The molecule has 11 rings (SSSR count). The van der Waals surface area contributed by atoms with Crippen molar-refractivity contribution in [2.45, 2.75) is 130 Å². The molecule has 0 saturated carbocycles. The summed E-state index contributed by atoms with van der Waals surface area (Å²) in [5, 5.41) is 0. The van der Waals surface area contributed by atoms with E-state index in [2.05, 4.69) is 215 Å². The van der Waals surface area contributed by atoms with Gasteiger partial charge < -0.3 is 14.7 Å². The standard InChI is InChI=1S/C68H72BN3/c1-64(2,3)46-29-33-51(34-30-46)71-59-36-32-48(66(7,8)9)40-56(59)69-57-43-54-55(68(12,13)38-37-67(54,10)11)44-60(57)72(58-35-31-47(65(4,5)6)39-53(58)45-23-17-14-18-24-45)62-42-52(41-61(71)63(62)69)70(49-25-19-15-20-26-49)50-27-21-16-22-28-50/h14-36,39-44H,37-38H2,1-13H3/i15D,19D,20D,25D,26D. The molecule has 0 atom stereocenters. The lowest BCUT2D eigenvalue weighted by atomic mass is 9.33. The van der Waals surface area contributed by atoms with Crippen LogP contribution in [0.15, 0.2) is 176 Å². The van der Waals surface area contributed by atoms with Crippen molar-refractivity contribution in [2.24, 2.45) is 0 Å². The fourth-order valence-electron chi connectivity index (χ4n) is 11.7. The van der Waals surface area contributed by atoms with Crippen LogP contribution >= 0.6 is 0 Å². The minimum absolute atomic E-state index is 0.0745. The normalized spacial score (nSPS) is 16.6. The molecule has 362 valence electrons. The van der Waals surface area contributed by atoms with Crippen LogP contribution in [0.2, 0.25) is 0 Å². The van der Waals surface area contributed by atoms with E-state index in [0.717, 1.165) is 63.6 Å². The highest BCUT2D eigenvalue weighted by atomic mass is 15.2. The van der Waals surface area contributed by atoms with Gasteiger partial charge in [0.2, 0.25) is 0 Å². The van der Waals surface area contributed by atoms with Gasteiger partial charge in [-0.15, -0.1) is 0 Å². The van der Waals surface area contributed by atoms with E-state index < -0.39 is 6.04 Å². The lowest BCUT2D eigenvalue weighted by molar-refractivity contribution is 0.332. The molecule has 72 heavy (non-hydrogen) atoms. The van der Waals surface area contributed by atoms with Gasteiger partial charge in [-0.1, -0.05) is 193 Å². The van der Waals surface area contributed by atoms with Crippen molar-refractivity contribution in [3.63, 3.8) is 0 Å². The number of anilines is 9. The summed E-state index contributed by atoms with van der Waals surface area (Å²) in [6, 6.07) is 51.4. The fourth-order valence-corrected chi connectivity index (χ4v) is 11.7. The highest BCUT2D eigenvalue weighted by molar-refractivity contribution is 7.00. The molecule has 0 radical (unpaired) electrons. The SMILES string of the molecule is [2H]c1c([2H])c([2H])c(N(c2ccccc2)c2cc3c4c(c2)N(c2ccc(C(C)(C)C)cc2-c2ccccc2)c2cc5c(cc2B4c2cc(C(C)(C)C)ccc2N3c2ccc(C(C)(C)C)cc2)C(C)(C)CCC5(C)C)c([2H])c1[2H]. The minimum Gasteiger partial charge on any atom is -0.311 e. The number of para-hydroxylation sites is 2. The molecule has 0 aromatic heterocycles. The number of fused-ring (bicyclic) bond motifs is 5. The first kappa shape index (κ1) is 41.8. The highest BCUT2D eigenvalue weighted by Crippen LogP contribution is 2.53. The highest BCUT2D eigenvalue weighted by Gasteiger charge is 2.47. The van der Waals surface area contributed by atoms with E-state index in [4.69, 9.17) is 4.11 Å². The first-order valence-electron chi connectivity index (χ1n) is 28.5. The smallest absolute Gasteiger partial charge is 0.252 e. The van der Waals surface area contributed by atoms with E-state index in [-0.39, 0.29) is 63.6 Å². The van der Waals surface area contributed by atoms with Crippen LogP contribution in [0.1, 0.15) is 138 Å². The van der Waals surface area contributed by atoms with E-state index >= 15 is 0 Å². The fraction of sp³-hybridized carbons (Fsp3) is 0.294. The molecule has 2 aliphatic heterocycles. The Morgan fingerprint density at radius 2 is 0.972 bits per heavy atom. The van der Waals surface area contributed by atoms with Crippen molar-refractivity contribution >= 4 is 74.3 Å². The Bertz CT molecular complexity index is 3630. The Hall–Kier alpha value is -6.78. The van der Waals surface area contributed by atoms with Crippen LogP contribution < -0.4 is 31.1 Å². The number of nitrogens with zero attached hydrogens (tertiary/aromatic N) is 3. The van der Waals surface area contributed by atoms with Gasteiger partial charge in [-0.25, -0.2) is 0 Å². The van der Waals surface area contributed by atoms with Gasteiger partial charge >= 0.3 is 0 Å². The average Bonchev–Trinajstić information content (AvgIpc) is 3.59. The largest absolute Gasteiger partial charge is 0.311 e. The van der Waals surface area contributed by atoms with E-state index in [0.29, 0.717) is 11.4 Å². The second-order valence-corrected chi connectivity index (χ2v) is 25.0. The van der Waals surface area contributed by atoms with Crippen LogP contribution in [0, 0.1) is 0 Å². The van der Waals surface area contributed by atoms with Crippen LogP contribution in [-0.4, -0.2) is 6.71 Å². The monoisotopic (exact) mass is 947 g/mol. The van der Waals surface area contributed by atoms with Gasteiger partial charge in [-0.05, 0) is 162 Å². The van der Waals surface area contributed by atoms with E-state index in [1.54, 1.807) is 0 Å². The molecule has 0 saturated heterocycles. The molecule has 0 amide bonds. The molecule has 1 aliphatic carbocycles. The van der Waals surface area contributed by atoms with E-state index in [1.807, 2.05) is 35.2 Å². The molecule has 4 heteroatoms. The van der Waals surface area contributed by atoms with Crippen molar-refractivity contribution in [3.05, 3.63) is 204 Å². The van der Waals surface area contributed by atoms with E-state index in [1.165, 1.54) is 38.7 Å². The number of hydrogen-bond donors (Lipinski definition) is 0. The molecule has 0 spiro atoms. The zero-order valence-electron chi connectivity index (χ0n) is 49.7. The second-order valence-electron chi connectivity index (χ2n) is 25.0. The summed E-state index contributed by atoms with van der Waals surface area (Å²) in [6.07, 6.45) is 2.13. The van der Waals surface area contributed by atoms with Crippen molar-refractivity contribution in [1.29, 1.82) is 0 Å². The average molecular weight is 947 g/mol. The van der Waals surface area contributed by atoms with E-state index in [9.17, 15) is 2.74 Å². The Balaban J connectivity index is 1.36. The third kappa shape index (κ3) is 8.06. The lowest BCUT2D eigenvalue weighted by Crippen LogP contribution is -2.62. The Kier molecular flexibility index (Phi) is 9.82. The molecule has 0 fully saturated rings. The molecule has 0 bridgehead atoms. The van der Waals surface area contributed by atoms with Crippen LogP contribution in [0.3, 0.4) is 0 Å². The molecule has 3 nitrogen and oxygen atoms in total. The number of hydrogen-bond acceptors (Lipinski definition) is 3. The zero-order valence-corrected chi connectivity index (χ0v) is 44.7. The summed E-state index contributed by atoms with van der Waals surface area (Å²) in [5.41, 5.74) is 19.3. The quantitative estimate of drug-likeness (QED) is 0.154. The van der Waals surface area contributed by atoms with Crippen LogP contribution in [0.25, 0.3) is 11.1 Å². The van der Waals surface area contributed by atoms with Crippen molar-refractivity contribution in [1.82, 2.24) is 0 Å². The zero-order chi connectivity index (χ0) is 55.1. The summed E-state index contributed by atoms with van der Waals surface area (Å²) >= 11 is 0. The molecule has 2 heterocycles. The Morgan fingerprint density at radius 3 is 1.57 bits per heavy atom. The summed E-state index contributed by atoms with van der Waals surface area (Å²) in [5.74, 6) is 0. The van der Waals surface area contributed by atoms with Gasteiger partial charge in [0.15, 0.2) is 0 Å². The molecule has 3 aliphatic rings. The third-order valence-electron chi connectivity index (χ3n) is 16.1. The predicted octanol–water partition coefficient (Wildman–Crippen LogP) is 17.1. The Morgan fingerprint density at radius 1 is 0.458 bits per heavy atom. The van der Waals surface area contributed by atoms with Gasteiger partial charge in [0.25, 0.3) is 6.71 Å². The molecule has 0 N–H and O–H groups in total. The maximum absolute atomic E-state index is 9.59. The molecule has 8 aromatic rings. The third-order valence-corrected chi connectivity index (χ3v) is 16.1. The maximum Gasteiger partial charge on any atom is 0.252 e. The molecular formula is C68H72BN3. The van der Waals surface area contributed by atoms with Crippen LogP contribution in [-0.2, 0) is 27.1 Å². The molecular weight excluding hydrogens is 870 g/mol. The van der Waals surface area contributed by atoms with Gasteiger partial charge in [-0.2, -0.15) is 0 Å². The summed E-state index contributed by atoms with van der Waals surface area (Å²) < 4.78 is 46.0. The summed E-state index contributed by atoms with van der Waals surface area (Å²) in [7, 11) is 0. The van der Waals surface area contributed by atoms with Crippen molar-refractivity contribution < 1.29 is 6.85 Å². The van der Waals surface area contributed by atoms with Gasteiger partial charge in [0.1, 0.15) is 0 Å². The maximum atomic E-state index is 9.59. The summed E-state index contributed by atoms with van der Waals surface area (Å²) in [6.45, 7) is 29.9. The van der Waals surface area contributed by atoms with Gasteiger partial charge in [0, 0.05) is 45.4 Å². The Labute approximate surface area is 438 Å². The topological polar surface area (TPSA) is 9.72 Å². The first-order chi connectivity index (χ1) is 36.2. The molecule has 8 aromatic carbocycles. The van der Waals surface area contributed by atoms with Gasteiger partial charge in [-0.3, -0.25) is 0 Å². The summed E-state index contributed by atoms with van der Waals surface area (Å²) in [4.78, 5) is 6.83. The van der Waals surface area contributed by atoms with Crippen LogP contribution in [0.4, 0.5) is 51.2 Å². The van der Waals surface area contributed by atoms with Crippen molar-refractivity contribution in [3.8, 4) is 11.1 Å². The van der Waals surface area contributed by atoms with Gasteiger partial charge in [0.05, 0.1) is 18.2 Å². The minimum atomic E-state index is -0.430. The predicted molar refractivity (Wildman–Crippen MR) is 312 cm³/mol. The van der Waals surface area contributed by atoms with Crippen LogP contribution in [0.5, 0.6) is 0 Å². The number of rotatable bonds is 6. The van der Waals surface area contributed by atoms with Crippen molar-refractivity contribution in [2.75, 3.05) is 14.7 Å². The lowest BCUT2D eigenvalue weighted by Gasteiger charge is -2.48. The number of benzene rings is 8.